The van der Waals surface area contributed by atoms with E-state index < -0.39 is 5.56 Å². The molecule has 0 radical (unpaired) electrons. The molecule has 0 aliphatic carbocycles. The summed E-state index contributed by atoms with van der Waals surface area (Å²) in [6.45, 7) is 2.90. The third-order valence-electron chi connectivity index (χ3n) is 6.30. The van der Waals surface area contributed by atoms with Gasteiger partial charge in [0.2, 0.25) is 0 Å². The van der Waals surface area contributed by atoms with Gasteiger partial charge < -0.3 is 14.8 Å². The molecule has 0 saturated carbocycles. The van der Waals surface area contributed by atoms with Crippen LogP contribution in [0.5, 0.6) is 0 Å². The van der Waals surface area contributed by atoms with Gasteiger partial charge in [-0.15, -0.1) is 6.42 Å². The number of aromatic nitrogens is 1. The van der Waals surface area contributed by atoms with Gasteiger partial charge in [-0.2, -0.15) is 0 Å². The van der Waals surface area contributed by atoms with Gasteiger partial charge in [0.1, 0.15) is 10.8 Å². The number of anilines is 2. The van der Waals surface area contributed by atoms with Crippen molar-refractivity contribution >= 4 is 40.5 Å². The topological polar surface area (TPSA) is 54.3 Å². The lowest BCUT2D eigenvalue weighted by molar-refractivity contribution is 0.0713. The van der Waals surface area contributed by atoms with Gasteiger partial charge in [0.05, 0.1) is 17.8 Å². The maximum atomic E-state index is 13.7. The van der Waals surface area contributed by atoms with Crippen molar-refractivity contribution in [1.29, 1.82) is 0 Å². The number of carbonyl (C=O) groups excluding carboxylic acids is 1. The first-order chi connectivity index (χ1) is 16.8. The Kier molecular flexibility index (Phi) is 7.49. The van der Waals surface area contributed by atoms with Gasteiger partial charge >= 0.3 is 0 Å². The molecule has 1 aromatic heterocycles. The molecule has 1 fully saturated rings. The van der Waals surface area contributed by atoms with Crippen molar-refractivity contribution in [1.82, 2.24) is 9.47 Å². The van der Waals surface area contributed by atoms with Crippen LogP contribution < -0.4 is 10.9 Å². The van der Waals surface area contributed by atoms with E-state index in [0.29, 0.717) is 23.8 Å². The van der Waals surface area contributed by atoms with Gasteiger partial charge in [-0.25, -0.2) is 4.39 Å². The molecule has 4 rings (SSSR count). The predicted octanol–water partition coefficient (Wildman–Crippen LogP) is 6.00. The number of terminal acetylenes is 1. The van der Waals surface area contributed by atoms with Gasteiger partial charge in [-0.3, -0.25) is 9.59 Å². The van der Waals surface area contributed by atoms with E-state index in [0.717, 1.165) is 24.0 Å². The molecule has 3 aromatic rings. The molecule has 5 nitrogen and oxygen atoms in total. The molecular weight excluding hydrogens is 488 g/mol. The largest absolute Gasteiger partial charge is 0.353 e. The monoisotopic (exact) mass is 511 g/mol. The Hall–Kier alpha value is -3.27. The minimum atomic E-state index is -0.488. The Bertz CT molecular complexity index is 1350. The Labute approximate surface area is 213 Å². The summed E-state index contributed by atoms with van der Waals surface area (Å²) in [5.74, 6) is 2.15. The number of nitrogens with one attached hydrogen (secondary N) is 1. The summed E-state index contributed by atoms with van der Waals surface area (Å²) >= 11 is 12.6. The van der Waals surface area contributed by atoms with Crippen LogP contribution in [0.25, 0.3) is 0 Å². The highest BCUT2D eigenvalue weighted by Gasteiger charge is 2.28. The Balaban J connectivity index is 1.65. The molecule has 0 bridgehead atoms. The molecule has 1 N–H and O–H groups in total. The molecule has 1 amide bonds. The Morgan fingerprint density at radius 3 is 2.51 bits per heavy atom. The minimum absolute atomic E-state index is 0.0120. The standard InChI is InChI=1S/C27H24Cl2FN3O2/c1-3-12-33-16-22(25(24(29)27(33)35)31-23-15-20(28)7-4-17(23)2)26(34)32-13-10-19(11-14-32)18-5-8-21(30)9-6-18/h1,4-9,15-16,19,31H,10-14H2,2H3. The van der Waals surface area contributed by atoms with Crippen LogP contribution in [0.4, 0.5) is 15.8 Å². The molecule has 8 heteroatoms. The first-order valence-electron chi connectivity index (χ1n) is 11.2. The molecule has 1 saturated heterocycles. The molecule has 180 valence electrons. The highest BCUT2D eigenvalue weighted by Crippen LogP contribution is 2.33. The zero-order valence-electron chi connectivity index (χ0n) is 19.2. The van der Waals surface area contributed by atoms with Crippen molar-refractivity contribution in [3.8, 4) is 12.3 Å². The average molecular weight is 512 g/mol. The van der Waals surface area contributed by atoms with Crippen molar-refractivity contribution in [3.05, 3.63) is 91.6 Å². The molecule has 1 aliphatic heterocycles. The van der Waals surface area contributed by atoms with Crippen molar-refractivity contribution in [3.63, 3.8) is 0 Å². The van der Waals surface area contributed by atoms with Crippen LogP contribution in [0.1, 0.15) is 40.2 Å². The summed E-state index contributed by atoms with van der Waals surface area (Å²) in [6.07, 6.45) is 8.37. The molecule has 35 heavy (non-hydrogen) atoms. The SMILES string of the molecule is C#CCn1cc(C(=O)N2CCC(c3ccc(F)cc3)CC2)c(Nc2cc(Cl)ccc2C)c(Cl)c1=O. The first kappa shape index (κ1) is 24.8. The first-order valence-corrected chi connectivity index (χ1v) is 12.0. The number of piperidine rings is 1. The molecule has 2 aromatic carbocycles. The smallest absolute Gasteiger partial charge is 0.272 e. The van der Waals surface area contributed by atoms with E-state index >= 15 is 0 Å². The summed E-state index contributed by atoms with van der Waals surface area (Å²) in [6, 6.07) is 11.8. The van der Waals surface area contributed by atoms with E-state index in [2.05, 4.69) is 11.2 Å². The second kappa shape index (κ2) is 10.6. The molecule has 0 unspecified atom stereocenters. The van der Waals surface area contributed by atoms with E-state index in [4.69, 9.17) is 29.6 Å². The lowest BCUT2D eigenvalue weighted by atomic mass is 9.89. The number of amides is 1. The minimum Gasteiger partial charge on any atom is -0.353 e. The van der Waals surface area contributed by atoms with Crippen molar-refractivity contribution in [2.24, 2.45) is 0 Å². The Morgan fingerprint density at radius 2 is 1.86 bits per heavy atom. The number of likely N-dealkylation sites (tertiary alicyclic amines) is 1. The van der Waals surface area contributed by atoms with Crippen LogP contribution in [0.3, 0.4) is 0 Å². The number of pyridine rings is 1. The maximum absolute atomic E-state index is 13.7. The van der Waals surface area contributed by atoms with Gasteiger partial charge in [-0.1, -0.05) is 47.3 Å². The second-order valence-corrected chi connectivity index (χ2v) is 9.39. The molecule has 2 heterocycles. The fraction of sp³-hybridized carbons (Fsp3) is 0.259. The third-order valence-corrected chi connectivity index (χ3v) is 6.88. The molecule has 0 spiro atoms. The van der Waals surface area contributed by atoms with Crippen LogP contribution in [-0.2, 0) is 6.54 Å². The third kappa shape index (κ3) is 5.37. The summed E-state index contributed by atoms with van der Waals surface area (Å²) < 4.78 is 14.5. The van der Waals surface area contributed by atoms with Crippen LogP contribution in [0.2, 0.25) is 10.0 Å². The number of rotatable bonds is 5. The van der Waals surface area contributed by atoms with Gasteiger partial charge in [0, 0.05) is 30.0 Å². The molecular formula is C27H24Cl2FN3O2. The number of halogens is 3. The lowest BCUT2D eigenvalue weighted by Crippen LogP contribution is -2.39. The maximum Gasteiger partial charge on any atom is 0.272 e. The van der Waals surface area contributed by atoms with E-state index in [1.54, 1.807) is 29.2 Å². The number of benzene rings is 2. The quantitative estimate of drug-likeness (QED) is 0.427. The fourth-order valence-electron chi connectivity index (χ4n) is 4.32. The second-order valence-electron chi connectivity index (χ2n) is 8.57. The molecule has 0 atom stereocenters. The van der Waals surface area contributed by atoms with E-state index in [9.17, 15) is 14.0 Å². The summed E-state index contributed by atoms with van der Waals surface area (Å²) in [5, 5.41) is 3.54. The summed E-state index contributed by atoms with van der Waals surface area (Å²) in [4.78, 5) is 28.2. The zero-order valence-corrected chi connectivity index (χ0v) is 20.7. The number of hydrogen-bond acceptors (Lipinski definition) is 3. The summed E-state index contributed by atoms with van der Waals surface area (Å²) in [5.41, 5.74) is 2.56. The van der Waals surface area contributed by atoms with Crippen LogP contribution >= 0.6 is 23.2 Å². The van der Waals surface area contributed by atoms with Gasteiger partial charge in [-0.05, 0) is 61.1 Å². The van der Waals surface area contributed by atoms with Crippen molar-refractivity contribution in [2.45, 2.75) is 32.2 Å². The van der Waals surface area contributed by atoms with Crippen molar-refractivity contribution < 1.29 is 9.18 Å². The molecule has 1 aliphatic rings. The lowest BCUT2D eigenvalue weighted by Gasteiger charge is -2.33. The normalized spacial score (nSPS) is 14.0. The van der Waals surface area contributed by atoms with Crippen LogP contribution in [-0.4, -0.2) is 28.5 Å². The fourth-order valence-corrected chi connectivity index (χ4v) is 4.74. The van der Waals surface area contributed by atoms with E-state index in [-0.39, 0.29) is 40.5 Å². The highest BCUT2D eigenvalue weighted by molar-refractivity contribution is 6.34. The van der Waals surface area contributed by atoms with Crippen molar-refractivity contribution in [2.75, 3.05) is 18.4 Å². The van der Waals surface area contributed by atoms with E-state index in [1.165, 1.54) is 22.9 Å². The Morgan fingerprint density at radius 1 is 1.17 bits per heavy atom. The number of hydrogen-bond donors (Lipinski definition) is 1. The van der Waals surface area contributed by atoms with Crippen LogP contribution in [0.15, 0.2) is 53.5 Å². The highest BCUT2D eigenvalue weighted by atomic mass is 35.5. The number of carbonyl (C=O) groups is 1. The predicted molar refractivity (Wildman–Crippen MR) is 138 cm³/mol. The zero-order chi connectivity index (χ0) is 25.1. The number of nitrogens with zero attached hydrogens (tertiary/aromatic N) is 2. The van der Waals surface area contributed by atoms with Crippen LogP contribution in [0, 0.1) is 25.1 Å². The van der Waals surface area contributed by atoms with Gasteiger partial charge in [0.15, 0.2) is 0 Å². The number of aryl methyl sites for hydroxylation is 1. The average Bonchev–Trinajstić information content (AvgIpc) is 2.86. The van der Waals surface area contributed by atoms with E-state index in [1.807, 2.05) is 13.0 Å². The van der Waals surface area contributed by atoms with Gasteiger partial charge in [0.25, 0.3) is 11.5 Å². The summed E-state index contributed by atoms with van der Waals surface area (Å²) in [7, 11) is 0.